The maximum atomic E-state index is 10.9. The van der Waals surface area contributed by atoms with Gasteiger partial charge in [-0.3, -0.25) is 0 Å². The Bertz CT molecular complexity index is 714. The van der Waals surface area contributed by atoms with Gasteiger partial charge in [-0.2, -0.15) is 0 Å². The molecule has 7 heteroatoms. The molecule has 2 fully saturated rings. The highest BCUT2D eigenvalue weighted by Crippen LogP contribution is 2.47. The summed E-state index contributed by atoms with van der Waals surface area (Å²) < 4.78 is 31.4. The van der Waals surface area contributed by atoms with E-state index in [0.717, 1.165) is 5.56 Å². The average molecular weight is 439 g/mol. The van der Waals surface area contributed by atoms with Crippen LogP contribution in [-0.4, -0.2) is 56.0 Å². The van der Waals surface area contributed by atoms with Gasteiger partial charge >= 0.3 is 0 Å². The first-order valence-electron chi connectivity index (χ1n) is 10.8. The lowest BCUT2D eigenvalue weighted by molar-refractivity contribution is -0.268. The largest absolute Gasteiger partial charge is 0.414 e. The molecule has 1 aromatic carbocycles. The molecule has 0 unspecified atom stereocenters. The van der Waals surface area contributed by atoms with Crippen LogP contribution in [0.25, 0.3) is 0 Å². The Morgan fingerprint density at radius 3 is 2.30 bits per heavy atom. The predicted molar refractivity (Wildman–Crippen MR) is 117 cm³/mol. The molecular formula is C23H38O6Si. The fraction of sp³-hybridized carbons (Fsp3) is 0.739. The van der Waals surface area contributed by atoms with Gasteiger partial charge in [-0.1, -0.05) is 51.1 Å². The minimum atomic E-state index is -2.07. The second-order valence-electron chi connectivity index (χ2n) is 10.5. The summed E-state index contributed by atoms with van der Waals surface area (Å²) in [5, 5.41) is 10.9. The SMILES string of the molecule is C[C@H](O)[C@@]1(CO[Si](C)(C)C(C)(C)C)O[C@@H]2OC(C)(C)O[C@@H]2[C@@H]1OCc1ccccc1. The first-order valence-corrected chi connectivity index (χ1v) is 13.7. The number of hydrogen-bond acceptors (Lipinski definition) is 6. The van der Waals surface area contributed by atoms with E-state index in [1.807, 2.05) is 44.2 Å². The Labute approximate surface area is 181 Å². The topological polar surface area (TPSA) is 66.4 Å². The van der Waals surface area contributed by atoms with Gasteiger partial charge in [0.15, 0.2) is 20.4 Å². The first kappa shape index (κ1) is 23.9. The van der Waals surface area contributed by atoms with E-state index in [0.29, 0.717) is 6.61 Å². The molecule has 0 spiro atoms. The maximum absolute atomic E-state index is 10.9. The van der Waals surface area contributed by atoms with Crippen molar-refractivity contribution in [1.29, 1.82) is 0 Å². The van der Waals surface area contributed by atoms with E-state index in [1.165, 1.54) is 0 Å². The summed E-state index contributed by atoms with van der Waals surface area (Å²) in [6.45, 7) is 17.0. The number of hydrogen-bond donors (Lipinski definition) is 1. The Balaban J connectivity index is 1.87. The fourth-order valence-electron chi connectivity index (χ4n) is 3.69. The predicted octanol–water partition coefficient (Wildman–Crippen LogP) is 4.22. The zero-order chi connectivity index (χ0) is 22.4. The molecule has 0 radical (unpaired) electrons. The van der Waals surface area contributed by atoms with Gasteiger partial charge in [0.05, 0.1) is 19.3 Å². The summed E-state index contributed by atoms with van der Waals surface area (Å²) in [7, 11) is -2.07. The summed E-state index contributed by atoms with van der Waals surface area (Å²) in [6, 6.07) is 9.96. The molecule has 0 aromatic heterocycles. The van der Waals surface area contributed by atoms with Crippen LogP contribution < -0.4 is 0 Å². The van der Waals surface area contributed by atoms with Crippen molar-refractivity contribution in [2.75, 3.05) is 6.61 Å². The van der Waals surface area contributed by atoms with Crippen LogP contribution in [0.3, 0.4) is 0 Å². The van der Waals surface area contributed by atoms with E-state index in [4.69, 9.17) is 23.4 Å². The van der Waals surface area contributed by atoms with Gasteiger partial charge in [0.25, 0.3) is 0 Å². The normalized spacial score (nSPS) is 32.2. The summed E-state index contributed by atoms with van der Waals surface area (Å²) in [5.41, 5.74) is -0.0280. The number of fused-ring (bicyclic) bond motifs is 1. The third-order valence-electron chi connectivity index (χ3n) is 6.65. The molecule has 3 rings (SSSR count). The number of ether oxygens (including phenoxy) is 4. The molecule has 170 valence electrons. The molecule has 0 aliphatic carbocycles. The molecule has 2 aliphatic rings. The van der Waals surface area contributed by atoms with Crippen LogP contribution in [0, 0.1) is 0 Å². The van der Waals surface area contributed by atoms with Gasteiger partial charge in [-0.15, -0.1) is 0 Å². The van der Waals surface area contributed by atoms with Gasteiger partial charge in [0.2, 0.25) is 0 Å². The lowest BCUT2D eigenvalue weighted by Gasteiger charge is -2.43. The summed E-state index contributed by atoms with van der Waals surface area (Å²) in [6.07, 6.45) is -2.42. The highest BCUT2D eigenvalue weighted by atomic mass is 28.4. The average Bonchev–Trinajstić information content (AvgIpc) is 3.07. The van der Waals surface area contributed by atoms with Crippen LogP contribution in [0.5, 0.6) is 0 Å². The highest BCUT2D eigenvalue weighted by molar-refractivity contribution is 6.74. The Morgan fingerprint density at radius 2 is 1.73 bits per heavy atom. The second-order valence-corrected chi connectivity index (χ2v) is 15.3. The summed E-state index contributed by atoms with van der Waals surface area (Å²) >= 11 is 0. The minimum Gasteiger partial charge on any atom is -0.414 e. The van der Waals surface area contributed by atoms with Crippen LogP contribution in [0.4, 0.5) is 0 Å². The van der Waals surface area contributed by atoms with Crippen molar-refractivity contribution in [1.82, 2.24) is 0 Å². The smallest absolute Gasteiger partial charge is 0.192 e. The maximum Gasteiger partial charge on any atom is 0.192 e. The van der Waals surface area contributed by atoms with Gasteiger partial charge < -0.3 is 28.5 Å². The molecule has 1 N–H and O–H groups in total. The molecule has 30 heavy (non-hydrogen) atoms. The number of aliphatic hydroxyl groups is 1. The lowest BCUT2D eigenvalue weighted by Crippen LogP contribution is -2.58. The zero-order valence-electron chi connectivity index (χ0n) is 19.6. The van der Waals surface area contributed by atoms with Gasteiger partial charge in [-0.05, 0) is 44.5 Å². The van der Waals surface area contributed by atoms with Crippen LogP contribution in [0.2, 0.25) is 18.1 Å². The van der Waals surface area contributed by atoms with E-state index >= 15 is 0 Å². The molecule has 1 aromatic rings. The molecule has 0 bridgehead atoms. The van der Waals surface area contributed by atoms with Crippen molar-refractivity contribution in [2.45, 2.75) is 102 Å². The quantitative estimate of drug-likeness (QED) is 0.643. The lowest BCUT2D eigenvalue weighted by atomic mass is 9.90. The van der Waals surface area contributed by atoms with E-state index in [2.05, 4.69) is 33.9 Å². The molecule has 2 saturated heterocycles. The molecule has 5 atom stereocenters. The van der Waals surface area contributed by atoms with Gasteiger partial charge in [0.1, 0.15) is 17.8 Å². The van der Waals surface area contributed by atoms with Crippen molar-refractivity contribution in [2.24, 2.45) is 0 Å². The minimum absolute atomic E-state index is 0.0384. The van der Waals surface area contributed by atoms with Crippen molar-refractivity contribution >= 4 is 8.32 Å². The molecule has 0 saturated carbocycles. The third-order valence-corrected chi connectivity index (χ3v) is 11.1. The summed E-state index contributed by atoms with van der Waals surface area (Å²) in [5.74, 6) is -0.769. The van der Waals surface area contributed by atoms with Crippen LogP contribution >= 0.6 is 0 Å². The van der Waals surface area contributed by atoms with Crippen LogP contribution in [-0.2, 0) is 30.0 Å². The standard InChI is InChI=1S/C23H38O6Si/c1-16(24)23(15-26-30(7,8)21(2,3)4)19(25-14-17-12-10-9-11-13-17)18-20(29-23)28-22(5,6)27-18/h9-13,16,18-20,24H,14-15H2,1-8H3/t16-,18+,19-,20-,23+/m0/s1. The fourth-order valence-corrected chi connectivity index (χ4v) is 4.71. The molecule has 2 heterocycles. The molecule has 0 amide bonds. The van der Waals surface area contributed by atoms with Crippen molar-refractivity contribution < 1.29 is 28.5 Å². The number of benzene rings is 1. The van der Waals surface area contributed by atoms with Crippen LogP contribution in [0.1, 0.15) is 47.1 Å². The number of rotatable bonds is 7. The van der Waals surface area contributed by atoms with E-state index in [9.17, 15) is 5.11 Å². The van der Waals surface area contributed by atoms with Gasteiger partial charge in [-0.25, -0.2) is 0 Å². The molecule has 2 aliphatic heterocycles. The molecular weight excluding hydrogens is 400 g/mol. The van der Waals surface area contributed by atoms with E-state index in [1.54, 1.807) is 6.92 Å². The first-order chi connectivity index (χ1) is 13.8. The van der Waals surface area contributed by atoms with Crippen molar-refractivity contribution in [3.63, 3.8) is 0 Å². The molecule has 6 nitrogen and oxygen atoms in total. The van der Waals surface area contributed by atoms with Crippen molar-refractivity contribution in [3.8, 4) is 0 Å². The Kier molecular flexibility index (Phi) is 6.58. The van der Waals surface area contributed by atoms with E-state index < -0.39 is 44.3 Å². The van der Waals surface area contributed by atoms with Gasteiger partial charge in [0, 0.05) is 0 Å². The number of aliphatic hydroxyl groups excluding tert-OH is 1. The summed E-state index contributed by atoms with van der Waals surface area (Å²) in [4.78, 5) is 0. The van der Waals surface area contributed by atoms with Crippen molar-refractivity contribution in [3.05, 3.63) is 35.9 Å². The third kappa shape index (κ3) is 4.67. The Hall–Kier alpha value is -0.803. The monoisotopic (exact) mass is 438 g/mol. The van der Waals surface area contributed by atoms with Crippen LogP contribution in [0.15, 0.2) is 30.3 Å². The van der Waals surface area contributed by atoms with E-state index in [-0.39, 0.29) is 11.6 Å². The zero-order valence-corrected chi connectivity index (χ0v) is 20.6. The Morgan fingerprint density at radius 1 is 1.10 bits per heavy atom. The highest BCUT2D eigenvalue weighted by Gasteiger charge is 2.65. The second kappa shape index (κ2) is 8.28.